The second-order valence-electron chi connectivity index (χ2n) is 5.18. The largest absolute Gasteiger partial charge is 0.394 e. The van der Waals surface area contributed by atoms with E-state index in [4.69, 9.17) is 0 Å². The molecule has 0 spiro atoms. The first-order chi connectivity index (χ1) is 9.64. The molecule has 0 fully saturated rings. The van der Waals surface area contributed by atoms with Crippen molar-refractivity contribution in [1.82, 2.24) is 5.32 Å². The molecule has 6 heteroatoms. The van der Waals surface area contributed by atoms with E-state index in [-0.39, 0.29) is 11.8 Å². The highest BCUT2D eigenvalue weighted by molar-refractivity contribution is 5.81. The van der Waals surface area contributed by atoms with Crippen molar-refractivity contribution in [3.05, 3.63) is 29.8 Å². The Hall–Kier alpha value is -1.63. The monoisotopic (exact) mass is 280 g/mol. The molecule has 1 heterocycles. The van der Waals surface area contributed by atoms with Crippen LogP contribution in [0.1, 0.15) is 5.56 Å². The molecule has 1 aliphatic heterocycles. The number of para-hydroxylation sites is 1. The molecule has 0 aliphatic carbocycles. The van der Waals surface area contributed by atoms with Crippen molar-refractivity contribution in [1.29, 1.82) is 0 Å². The summed E-state index contributed by atoms with van der Waals surface area (Å²) in [5, 5.41) is 33.4. The zero-order valence-electron chi connectivity index (χ0n) is 11.2. The van der Waals surface area contributed by atoms with Gasteiger partial charge in [-0.3, -0.25) is 4.79 Å². The second-order valence-corrected chi connectivity index (χ2v) is 5.18. The Bertz CT molecular complexity index is 466. The third kappa shape index (κ3) is 2.92. The number of hydrogen-bond donors (Lipinski definition) is 5. The van der Waals surface area contributed by atoms with E-state index in [1.54, 1.807) is 0 Å². The van der Waals surface area contributed by atoms with Gasteiger partial charge in [0, 0.05) is 12.2 Å². The molecule has 1 aromatic rings. The number of hydrogen-bond acceptors (Lipinski definition) is 5. The second kappa shape index (κ2) is 6.21. The van der Waals surface area contributed by atoms with Gasteiger partial charge in [0.05, 0.1) is 25.7 Å². The number of fused-ring (bicyclic) bond motifs is 1. The van der Waals surface area contributed by atoms with Gasteiger partial charge in [-0.2, -0.15) is 0 Å². The molecule has 0 saturated heterocycles. The van der Waals surface area contributed by atoms with Crippen molar-refractivity contribution in [3.8, 4) is 0 Å². The van der Waals surface area contributed by atoms with Crippen LogP contribution in [-0.2, 0) is 11.2 Å². The smallest absolute Gasteiger partial charge is 0.225 e. The fourth-order valence-corrected chi connectivity index (χ4v) is 2.26. The molecule has 110 valence electrons. The molecular weight excluding hydrogens is 260 g/mol. The highest BCUT2D eigenvalue weighted by Gasteiger charge is 2.33. The standard InChI is InChI=1S/C14H20N2O4/c17-7-14(8-18,9-19)16-13(20)11-5-10-3-1-2-4-12(10)15-6-11/h1-4,11,15,17-19H,5-9H2,(H,16,20). The van der Waals surface area contributed by atoms with Gasteiger partial charge in [0.15, 0.2) is 0 Å². The fraction of sp³-hybridized carbons (Fsp3) is 0.500. The first-order valence-electron chi connectivity index (χ1n) is 6.60. The third-order valence-electron chi connectivity index (χ3n) is 3.69. The first-order valence-corrected chi connectivity index (χ1v) is 6.60. The van der Waals surface area contributed by atoms with E-state index in [2.05, 4.69) is 10.6 Å². The van der Waals surface area contributed by atoms with Gasteiger partial charge in [0.2, 0.25) is 5.91 Å². The number of carbonyl (C=O) groups excluding carboxylic acids is 1. The van der Waals surface area contributed by atoms with Gasteiger partial charge in [0.25, 0.3) is 0 Å². The van der Waals surface area contributed by atoms with E-state index in [9.17, 15) is 20.1 Å². The van der Waals surface area contributed by atoms with Gasteiger partial charge in [-0.15, -0.1) is 0 Å². The van der Waals surface area contributed by atoms with Gasteiger partial charge in [-0.25, -0.2) is 0 Å². The summed E-state index contributed by atoms with van der Waals surface area (Å²) in [6.45, 7) is -1.05. The van der Waals surface area contributed by atoms with Crippen LogP contribution >= 0.6 is 0 Å². The normalized spacial score (nSPS) is 18.1. The van der Waals surface area contributed by atoms with Crippen LogP contribution in [0.15, 0.2) is 24.3 Å². The van der Waals surface area contributed by atoms with E-state index in [1.807, 2.05) is 24.3 Å². The van der Waals surface area contributed by atoms with E-state index >= 15 is 0 Å². The summed E-state index contributed by atoms with van der Waals surface area (Å²) in [6, 6.07) is 7.77. The zero-order valence-corrected chi connectivity index (χ0v) is 11.2. The Morgan fingerprint density at radius 1 is 1.25 bits per heavy atom. The number of amides is 1. The maximum atomic E-state index is 12.2. The number of nitrogens with one attached hydrogen (secondary N) is 2. The molecule has 6 nitrogen and oxygen atoms in total. The molecule has 1 aliphatic rings. The van der Waals surface area contributed by atoms with Crippen molar-refractivity contribution in [2.75, 3.05) is 31.7 Å². The Labute approximate surface area is 117 Å². The van der Waals surface area contributed by atoms with E-state index in [0.717, 1.165) is 11.3 Å². The molecule has 20 heavy (non-hydrogen) atoms. The molecule has 2 rings (SSSR count). The quantitative estimate of drug-likeness (QED) is 0.481. The van der Waals surface area contributed by atoms with Crippen molar-refractivity contribution in [3.63, 3.8) is 0 Å². The molecule has 0 radical (unpaired) electrons. The molecule has 1 aromatic carbocycles. The fourth-order valence-electron chi connectivity index (χ4n) is 2.26. The maximum absolute atomic E-state index is 12.2. The summed E-state index contributed by atoms with van der Waals surface area (Å²) >= 11 is 0. The van der Waals surface area contributed by atoms with Crippen LogP contribution in [0.25, 0.3) is 0 Å². The van der Waals surface area contributed by atoms with Crippen LogP contribution < -0.4 is 10.6 Å². The number of aliphatic hydroxyl groups excluding tert-OH is 3. The van der Waals surface area contributed by atoms with Gasteiger partial charge in [0.1, 0.15) is 5.54 Å². The van der Waals surface area contributed by atoms with Crippen LogP contribution in [0.2, 0.25) is 0 Å². The Balaban J connectivity index is 2.05. The van der Waals surface area contributed by atoms with Crippen molar-refractivity contribution < 1.29 is 20.1 Å². The summed E-state index contributed by atoms with van der Waals surface area (Å²) in [5.74, 6) is -0.585. The molecular formula is C14H20N2O4. The predicted molar refractivity (Wildman–Crippen MR) is 74.3 cm³/mol. The highest BCUT2D eigenvalue weighted by Crippen LogP contribution is 2.24. The summed E-state index contributed by atoms with van der Waals surface area (Å²) < 4.78 is 0. The zero-order chi connectivity index (χ0) is 14.6. The lowest BCUT2D eigenvalue weighted by Gasteiger charge is -2.32. The molecule has 5 N–H and O–H groups in total. The number of carbonyl (C=O) groups is 1. The average molecular weight is 280 g/mol. The van der Waals surface area contributed by atoms with Crippen molar-refractivity contribution in [2.45, 2.75) is 12.0 Å². The highest BCUT2D eigenvalue weighted by atomic mass is 16.3. The minimum Gasteiger partial charge on any atom is -0.394 e. The maximum Gasteiger partial charge on any atom is 0.225 e. The number of aliphatic hydroxyl groups is 3. The van der Waals surface area contributed by atoms with Gasteiger partial charge in [-0.1, -0.05) is 18.2 Å². The Morgan fingerprint density at radius 3 is 2.55 bits per heavy atom. The minimum atomic E-state index is -1.37. The Kier molecular flexibility index (Phi) is 4.59. The first kappa shape index (κ1) is 14.8. The third-order valence-corrected chi connectivity index (χ3v) is 3.69. The molecule has 0 aromatic heterocycles. The number of benzene rings is 1. The minimum absolute atomic E-state index is 0.288. The van der Waals surface area contributed by atoms with Gasteiger partial charge >= 0.3 is 0 Å². The SMILES string of the molecule is O=C(NC(CO)(CO)CO)C1CNc2ccccc2C1. The van der Waals surface area contributed by atoms with Gasteiger partial charge < -0.3 is 26.0 Å². The predicted octanol–water partition coefficient (Wildman–Crippen LogP) is -0.897. The number of anilines is 1. The van der Waals surface area contributed by atoms with Crippen LogP contribution in [-0.4, -0.2) is 53.1 Å². The average Bonchev–Trinajstić information content (AvgIpc) is 2.52. The summed E-state index contributed by atoms with van der Waals surface area (Å²) in [7, 11) is 0. The van der Waals surface area contributed by atoms with Crippen LogP contribution in [0.4, 0.5) is 5.69 Å². The summed E-state index contributed by atoms with van der Waals surface area (Å²) in [6.07, 6.45) is 0.591. The topological polar surface area (TPSA) is 102 Å². The summed E-state index contributed by atoms with van der Waals surface area (Å²) in [5.41, 5.74) is 0.712. The number of rotatable bonds is 5. The molecule has 0 bridgehead atoms. The molecule has 1 atom stereocenters. The lowest BCUT2D eigenvalue weighted by Crippen LogP contribution is -2.59. The lowest BCUT2D eigenvalue weighted by molar-refractivity contribution is -0.129. The molecule has 1 unspecified atom stereocenters. The van der Waals surface area contributed by atoms with Crippen LogP contribution in [0, 0.1) is 5.92 Å². The van der Waals surface area contributed by atoms with Crippen LogP contribution in [0.5, 0.6) is 0 Å². The molecule has 0 saturated carbocycles. The van der Waals surface area contributed by atoms with Crippen molar-refractivity contribution in [2.24, 2.45) is 5.92 Å². The van der Waals surface area contributed by atoms with E-state index < -0.39 is 25.4 Å². The van der Waals surface area contributed by atoms with E-state index in [1.165, 1.54) is 0 Å². The van der Waals surface area contributed by atoms with E-state index in [0.29, 0.717) is 13.0 Å². The van der Waals surface area contributed by atoms with Gasteiger partial charge in [-0.05, 0) is 18.1 Å². The molecule has 1 amide bonds. The summed E-state index contributed by atoms with van der Waals surface area (Å²) in [4.78, 5) is 12.2. The lowest BCUT2D eigenvalue weighted by atomic mass is 9.92. The van der Waals surface area contributed by atoms with Crippen LogP contribution in [0.3, 0.4) is 0 Å². The Morgan fingerprint density at radius 2 is 1.90 bits per heavy atom. The van der Waals surface area contributed by atoms with Crippen molar-refractivity contribution >= 4 is 11.6 Å².